The van der Waals surface area contributed by atoms with Crippen molar-refractivity contribution in [3.8, 4) is 0 Å². The van der Waals surface area contributed by atoms with Gasteiger partial charge in [0.05, 0.1) is 6.61 Å². The number of primary amides is 1. The quantitative estimate of drug-likeness (QED) is 0.255. The van der Waals surface area contributed by atoms with Crippen molar-refractivity contribution in [3.63, 3.8) is 0 Å². The fraction of sp³-hybridized carbons (Fsp3) is 0.800. The van der Waals surface area contributed by atoms with Gasteiger partial charge in [-0.15, -0.1) is 0 Å². The van der Waals surface area contributed by atoms with Crippen molar-refractivity contribution in [2.45, 2.75) is 43.0 Å². The number of carbonyl (C=O) groups excluding carboxylic acids is 2. The second-order valence-corrected chi connectivity index (χ2v) is 6.63. The van der Waals surface area contributed by atoms with Crippen molar-refractivity contribution < 1.29 is 43.6 Å². The summed E-state index contributed by atoms with van der Waals surface area (Å²) in [7, 11) is -4.83. The third-order valence-electron chi connectivity index (χ3n) is 3.06. The van der Waals surface area contributed by atoms with Gasteiger partial charge in [0, 0.05) is 6.42 Å². The number of aliphatic hydroxyl groups excluding tert-OH is 3. The number of aliphatic hydroxyl groups is 3. The largest absolute Gasteiger partial charge is 0.410 e. The Morgan fingerprint density at radius 2 is 1.91 bits per heavy atom. The lowest BCUT2D eigenvalue weighted by Crippen LogP contribution is -2.36. The van der Waals surface area contributed by atoms with E-state index in [4.69, 9.17) is 21.3 Å². The number of hydrogen-bond acceptors (Lipinski definition) is 9. The zero-order chi connectivity index (χ0) is 17.1. The molecule has 0 saturated carbocycles. The van der Waals surface area contributed by atoms with Gasteiger partial charge in [0.15, 0.2) is 5.85 Å². The molecular weight excluding hydrogens is 323 g/mol. The van der Waals surface area contributed by atoms with Crippen LogP contribution in [0.2, 0.25) is 0 Å². The number of nitrogens with two attached hydrogens (primary N) is 2. The maximum atomic E-state index is 12.0. The second kappa shape index (κ2) is 7.47. The summed E-state index contributed by atoms with van der Waals surface area (Å²) in [5, 5.41) is 28.0. The monoisotopic (exact) mass is 342 g/mol. The van der Waals surface area contributed by atoms with Crippen molar-refractivity contribution in [3.05, 3.63) is 0 Å². The first-order chi connectivity index (χ1) is 10.1. The smallest absolute Gasteiger partial charge is 0.394 e. The molecule has 11 nitrogen and oxygen atoms in total. The molecule has 22 heavy (non-hydrogen) atoms. The Bertz CT molecular complexity index is 473. The Labute approximate surface area is 125 Å². The van der Waals surface area contributed by atoms with E-state index in [0.29, 0.717) is 0 Å². The van der Waals surface area contributed by atoms with Crippen LogP contribution in [0.4, 0.5) is 0 Å². The summed E-state index contributed by atoms with van der Waals surface area (Å²) in [5.41, 5.74) is 10.3. The van der Waals surface area contributed by atoms with Gasteiger partial charge in [-0.25, -0.2) is 4.57 Å². The highest BCUT2D eigenvalue weighted by Crippen LogP contribution is 2.53. The molecule has 0 aromatic rings. The summed E-state index contributed by atoms with van der Waals surface area (Å²) in [4.78, 5) is 31.9. The van der Waals surface area contributed by atoms with Gasteiger partial charge < -0.3 is 40.9 Å². The molecular formula is C10H19N2O9P. The van der Waals surface area contributed by atoms with Gasteiger partial charge in [0.1, 0.15) is 24.4 Å². The molecule has 1 heterocycles. The molecule has 0 spiro atoms. The minimum Gasteiger partial charge on any atom is -0.394 e. The van der Waals surface area contributed by atoms with Crippen LogP contribution in [0.25, 0.3) is 0 Å². The molecule has 0 bridgehead atoms. The first-order valence-electron chi connectivity index (χ1n) is 6.32. The second-order valence-electron chi connectivity index (χ2n) is 4.81. The highest BCUT2D eigenvalue weighted by atomic mass is 31.2. The molecule has 128 valence electrons. The molecule has 1 rings (SSSR count). The van der Waals surface area contributed by atoms with Crippen LogP contribution in [0, 0.1) is 0 Å². The van der Waals surface area contributed by atoms with E-state index in [1.165, 1.54) is 0 Å². The minimum absolute atomic E-state index is 0.190. The van der Waals surface area contributed by atoms with E-state index in [-0.39, 0.29) is 12.8 Å². The molecule has 2 unspecified atom stereocenters. The Kier molecular flexibility index (Phi) is 6.44. The lowest BCUT2D eigenvalue weighted by atomic mass is 10.2. The third kappa shape index (κ3) is 4.46. The van der Waals surface area contributed by atoms with E-state index < -0.39 is 56.3 Å². The SMILES string of the molecule is NC(=O)CC[C@H](N)C(=O)OP(=O)(O)C1O[C@H](CO)[C@@H](O)[C@H]1O. The Morgan fingerprint density at radius 3 is 2.36 bits per heavy atom. The van der Waals surface area contributed by atoms with Crippen LogP contribution in [0.3, 0.4) is 0 Å². The average molecular weight is 342 g/mol. The van der Waals surface area contributed by atoms with E-state index in [2.05, 4.69) is 4.52 Å². The third-order valence-corrected chi connectivity index (χ3v) is 4.58. The molecule has 8 N–H and O–H groups in total. The molecule has 0 aromatic heterocycles. The molecule has 12 heteroatoms. The van der Waals surface area contributed by atoms with E-state index in [9.17, 15) is 29.3 Å². The van der Waals surface area contributed by atoms with Gasteiger partial charge in [0.25, 0.3) is 0 Å². The minimum atomic E-state index is -4.83. The molecule has 0 aromatic carbocycles. The van der Waals surface area contributed by atoms with Crippen LogP contribution in [-0.2, 0) is 23.4 Å². The summed E-state index contributed by atoms with van der Waals surface area (Å²) >= 11 is 0. The highest BCUT2D eigenvalue weighted by Gasteiger charge is 2.53. The summed E-state index contributed by atoms with van der Waals surface area (Å²) in [6.45, 7) is -0.708. The van der Waals surface area contributed by atoms with E-state index >= 15 is 0 Å². The summed E-state index contributed by atoms with van der Waals surface area (Å²) in [6, 6.07) is -1.37. The zero-order valence-corrected chi connectivity index (χ0v) is 12.3. The summed E-state index contributed by atoms with van der Waals surface area (Å²) in [5.74, 6) is -3.91. The Hall–Kier alpha value is -1.07. The van der Waals surface area contributed by atoms with Gasteiger partial charge in [-0.05, 0) is 6.42 Å². The van der Waals surface area contributed by atoms with E-state index in [1.807, 2.05) is 0 Å². The highest BCUT2D eigenvalue weighted by molar-refractivity contribution is 7.54. The molecule has 1 amide bonds. The van der Waals surface area contributed by atoms with Crippen molar-refractivity contribution in [2.75, 3.05) is 6.61 Å². The maximum Gasteiger partial charge on any atom is 0.410 e. The van der Waals surface area contributed by atoms with Crippen LogP contribution in [0.15, 0.2) is 0 Å². The summed E-state index contributed by atoms with van der Waals surface area (Å²) < 4.78 is 21.1. The van der Waals surface area contributed by atoms with Crippen LogP contribution in [0.5, 0.6) is 0 Å². The van der Waals surface area contributed by atoms with Gasteiger partial charge in [-0.1, -0.05) is 0 Å². The lowest BCUT2D eigenvalue weighted by Gasteiger charge is -2.21. The van der Waals surface area contributed by atoms with Crippen LogP contribution in [-0.4, -0.2) is 68.9 Å². The van der Waals surface area contributed by atoms with E-state index in [0.717, 1.165) is 0 Å². The number of ether oxygens (including phenoxy) is 1. The molecule has 0 radical (unpaired) electrons. The molecule has 1 aliphatic rings. The number of amides is 1. The van der Waals surface area contributed by atoms with Crippen LogP contribution < -0.4 is 11.5 Å². The number of hydrogen-bond donors (Lipinski definition) is 6. The predicted octanol–water partition coefficient (Wildman–Crippen LogP) is -3.25. The normalized spacial score (nSPS) is 32.2. The Morgan fingerprint density at radius 1 is 1.32 bits per heavy atom. The van der Waals surface area contributed by atoms with Gasteiger partial charge in [0.2, 0.25) is 5.91 Å². The van der Waals surface area contributed by atoms with Crippen molar-refractivity contribution >= 4 is 19.5 Å². The van der Waals surface area contributed by atoms with Crippen molar-refractivity contribution in [2.24, 2.45) is 11.5 Å². The van der Waals surface area contributed by atoms with Gasteiger partial charge in [-0.2, -0.15) is 0 Å². The standard InChI is InChI=1S/C10H19N2O9P/c11-4(1-2-6(12)14)9(17)21-22(18,19)10-8(16)7(15)5(3-13)20-10/h4-5,7-8,10,13,15-16H,1-3,11H2,(H2,12,14)(H,18,19)/t4-,5+,7+,8+,10?/m0/s1. The average Bonchev–Trinajstić information content (AvgIpc) is 2.72. The molecule has 6 atom stereocenters. The fourth-order valence-electron chi connectivity index (χ4n) is 1.81. The molecule has 1 saturated heterocycles. The molecule has 1 aliphatic heterocycles. The van der Waals surface area contributed by atoms with Crippen LogP contribution >= 0.6 is 7.60 Å². The first kappa shape index (κ1) is 19.0. The van der Waals surface area contributed by atoms with Crippen molar-refractivity contribution in [1.29, 1.82) is 0 Å². The summed E-state index contributed by atoms with van der Waals surface area (Å²) in [6.07, 6.45) is -5.15. The Balaban J connectivity index is 2.69. The van der Waals surface area contributed by atoms with Crippen LogP contribution in [0.1, 0.15) is 12.8 Å². The van der Waals surface area contributed by atoms with E-state index in [1.54, 1.807) is 0 Å². The molecule has 1 fully saturated rings. The number of rotatable bonds is 7. The fourth-order valence-corrected chi connectivity index (χ4v) is 3.18. The first-order valence-corrected chi connectivity index (χ1v) is 7.97. The van der Waals surface area contributed by atoms with Gasteiger partial charge in [-0.3, -0.25) is 9.59 Å². The predicted molar refractivity (Wildman–Crippen MR) is 70.1 cm³/mol. The zero-order valence-electron chi connectivity index (χ0n) is 11.4. The van der Waals surface area contributed by atoms with Crippen molar-refractivity contribution in [1.82, 2.24) is 0 Å². The maximum absolute atomic E-state index is 12.0. The topological polar surface area (TPSA) is 203 Å². The van der Waals surface area contributed by atoms with Gasteiger partial charge >= 0.3 is 13.6 Å². The molecule has 0 aliphatic carbocycles. The lowest BCUT2D eigenvalue weighted by molar-refractivity contribution is -0.137. The number of carbonyl (C=O) groups is 2.